The van der Waals surface area contributed by atoms with Crippen LogP contribution < -0.4 is 15.0 Å². The molecule has 2 aromatic rings. The largest absolute Gasteiger partial charge is 0.426 e. The summed E-state index contributed by atoms with van der Waals surface area (Å²) >= 11 is 0. The smallest absolute Gasteiger partial charge is 0.417 e. The number of rotatable bonds is 4. The molecule has 2 aliphatic heterocycles. The Balaban J connectivity index is 1.32. The summed E-state index contributed by atoms with van der Waals surface area (Å²) in [5.41, 5.74) is 0.719. The maximum Gasteiger partial charge on any atom is 0.417 e. The SMILES string of the molecule is C[C@@H]1CN(c2ccc(C(F)(F)F)cn2)CCN1C(=O)CNc1ccc2c(c1)OC(=O)C2. The Morgan fingerprint density at radius 2 is 2.06 bits per heavy atom. The van der Waals surface area contributed by atoms with Crippen LogP contribution in [0.3, 0.4) is 0 Å². The van der Waals surface area contributed by atoms with Gasteiger partial charge in [-0.05, 0) is 25.1 Å². The van der Waals surface area contributed by atoms with Gasteiger partial charge in [-0.2, -0.15) is 13.2 Å². The summed E-state index contributed by atoms with van der Waals surface area (Å²) in [4.78, 5) is 31.6. The lowest BCUT2D eigenvalue weighted by molar-refractivity contribution is -0.138. The fraction of sp³-hybridized carbons (Fsp3) is 0.381. The van der Waals surface area contributed by atoms with E-state index in [9.17, 15) is 22.8 Å². The monoisotopic (exact) mass is 434 g/mol. The van der Waals surface area contributed by atoms with E-state index in [2.05, 4.69) is 10.3 Å². The molecule has 0 spiro atoms. The summed E-state index contributed by atoms with van der Waals surface area (Å²) in [6, 6.07) is 7.54. The zero-order chi connectivity index (χ0) is 22.2. The Hall–Kier alpha value is -3.30. The fourth-order valence-corrected chi connectivity index (χ4v) is 3.78. The standard InChI is InChI=1S/C21H21F3N4O3/c1-13-12-27(18-5-3-15(10-26-18)21(22,23)24)6-7-28(13)19(29)11-25-16-4-2-14-8-20(30)31-17(14)9-16/h2-5,9-10,13,25H,6-8,11-12H2,1H3/t13-/m1/s1. The van der Waals surface area contributed by atoms with Crippen molar-refractivity contribution in [3.63, 3.8) is 0 Å². The van der Waals surface area contributed by atoms with Gasteiger partial charge in [0.25, 0.3) is 0 Å². The Bertz CT molecular complexity index is 994. The number of esters is 1. The summed E-state index contributed by atoms with van der Waals surface area (Å²) in [6.07, 6.45) is -3.34. The number of halogens is 3. The van der Waals surface area contributed by atoms with E-state index in [1.807, 2.05) is 11.8 Å². The number of fused-ring (bicyclic) bond motifs is 1. The van der Waals surface area contributed by atoms with Gasteiger partial charge in [0.1, 0.15) is 11.6 Å². The summed E-state index contributed by atoms with van der Waals surface area (Å²) < 4.78 is 43.3. The second kappa shape index (κ2) is 8.09. The number of benzene rings is 1. The molecule has 1 aromatic heterocycles. The van der Waals surface area contributed by atoms with Crippen LogP contribution in [0, 0.1) is 0 Å². The second-order valence-electron chi connectivity index (χ2n) is 7.61. The lowest BCUT2D eigenvalue weighted by atomic mass is 10.1. The van der Waals surface area contributed by atoms with Crippen LogP contribution in [0.1, 0.15) is 18.1 Å². The summed E-state index contributed by atoms with van der Waals surface area (Å²) in [5, 5.41) is 3.06. The van der Waals surface area contributed by atoms with Crippen LogP contribution in [0.15, 0.2) is 36.5 Å². The lowest BCUT2D eigenvalue weighted by Crippen LogP contribution is -2.55. The highest BCUT2D eigenvalue weighted by atomic mass is 19.4. The number of nitrogens with zero attached hydrogens (tertiary/aromatic N) is 3. The minimum atomic E-state index is -4.42. The molecule has 0 saturated carbocycles. The molecular formula is C21H21F3N4O3. The number of carbonyl (C=O) groups is 2. The number of carbonyl (C=O) groups excluding carboxylic acids is 2. The number of aromatic nitrogens is 1. The van der Waals surface area contributed by atoms with E-state index < -0.39 is 11.7 Å². The van der Waals surface area contributed by atoms with Crippen LogP contribution in [0.2, 0.25) is 0 Å². The molecule has 1 atom stereocenters. The molecule has 0 unspecified atom stereocenters. The van der Waals surface area contributed by atoms with Crippen LogP contribution in [0.5, 0.6) is 5.75 Å². The Kier molecular flexibility index (Phi) is 5.47. The Morgan fingerprint density at radius 3 is 2.74 bits per heavy atom. The van der Waals surface area contributed by atoms with Gasteiger partial charge in [-0.15, -0.1) is 0 Å². The van der Waals surface area contributed by atoms with E-state index in [0.29, 0.717) is 36.9 Å². The van der Waals surface area contributed by atoms with Gasteiger partial charge in [-0.3, -0.25) is 9.59 Å². The molecular weight excluding hydrogens is 413 g/mol. The zero-order valence-corrected chi connectivity index (χ0v) is 16.8. The fourth-order valence-electron chi connectivity index (χ4n) is 3.78. The molecule has 1 aromatic carbocycles. The average Bonchev–Trinajstić information content (AvgIpc) is 3.10. The van der Waals surface area contributed by atoms with Crippen molar-refractivity contribution in [1.29, 1.82) is 0 Å². The van der Waals surface area contributed by atoms with Gasteiger partial charge in [0.2, 0.25) is 5.91 Å². The molecule has 4 rings (SSSR count). The summed E-state index contributed by atoms with van der Waals surface area (Å²) in [6.45, 7) is 3.35. The average molecular weight is 434 g/mol. The maximum absolute atomic E-state index is 12.7. The van der Waals surface area contributed by atoms with Gasteiger partial charge in [0.05, 0.1) is 18.5 Å². The number of ether oxygens (including phenoxy) is 1. The predicted molar refractivity (Wildman–Crippen MR) is 107 cm³/mol. The first-order chi connectivity index (χ1) is 14.7. The van der Waals surface area contributed by atoms with Gasteiger partial charge in [-0.1, -0.05) is 6.07 Å². The number of hydrogen-bond donors (Lipinski definition) is 1. The van der Waals surface area contributed by atoms with E-state index in [4.69, 9.17) is 4.74 Å². The highest BCUT2D eigenvalue weighted by Gasteiger charge is 2.32. The molecule has 1 saturated heterocycles. The topological polar surface area (TPSA) is 74.8 Å². The van der Waals surface area contributed by atoms with Crippen molar-refractivity contribution in [2.75, 3.05) is 36.4 Å². The quantitative estimate of drug-likeness (QED) is 0.589. The van der Waals surface area contributed by atoms with E-state index in [-0.39, 0.29) is 30.9 Å². The first kappa shape index (κ1) is 21.0. The van der Waals surface area contributed by atoms with Crippen molar-refractivity contribution in [2.45, 2.75) is 25.6 Å². The number of hydrogen-bond acceptors (Lipinski definition) is 6. The van der Waals surface area contributed by atoms with Crippen molar-refractivity contribution < 1.29 is 27.5 Å². The van der Waals surface area contributed by atoms with Gasteiger partial charge >= 0.3 is 12.1 Å². The van der Waals surface area contributed by atoms with Gasteiger partial charge in [0.15, 0.2) is 0 Å². The maximum atomic E-state index is 12.7. The van der Waals surface area contributed by atoms with Gasteiger partial charge in [-0.25, -0.2) is 4.98 Å². The highest BCUT2D eigenvalue weighted by Crippen LogP contribution is 2.30. The molecule has 2 aliphatic rings. The summed E-state index contributed by atoms with van der Waals surface area (Å²) in [7, 11) is 0. The third-order valence-corrected chi connectivity index (χ3v) is 5.42. The van der Waals surface area contributed by atoms with Crippen molar-refractivity contribution in [3.8, 4) is 5.75 Å². The van der Waals surface area contributed by atoms with E-state index in [1.54, 1.807) is 23.1 Å². The number of pyridine rings is 1. The molecule has 31 heavy (non-hydrogen) atoms. The molecule has 3 heterocycles. The molecule has 7 nitrogen and oxygen atoms in total. The lowest BCUT2D eigenvalue weighted by Gasteiger charge is -2.40. The molecule has 0 bridgehead atoms. The van der Waals surface area contributed by atoms with Crippen LogP contribution >= 0.6 is 0 Å². The molecule has 10 heteroatoms. The molecule has 0 radical (unpaired) electrons. The Labute approximate surface area is 176 Å². The van der Waals surface area contributed by atoms with Crippen molar-refractivity contribution >= 4 is 23.4 Å². The van der Waals surface area contributed by atoms with Crippen LogP contribution in [-0.2, 0) is 22.2 Å². The van der Waals surface area contributed by atoms with E-state index in [1.165, 1.54) is 6.07 Å². The van der Waals surface area contributed by atoms with Crippen LogP contribution in [0.4, 0.5) is 24.7 Å². The molecule has 1 N–H and O–H groups in total. The molecule has 0 aliphatic carbocycles. The molecule has 164 valence electrons. The van der Waals surface area contributed by atoms with Crippen molar-refractivity contribution in [1.82, 2.24) is 9.88 Å². The zero-order valence-electron chi connectivity index (χ0n) is 16.8. The predicted octanol–water partition coefficient (Wildman–Crippen LogP) is 2.71. The van der Waals surface area contributed by atoms with Crippen LogP contribution in [-0.4, -0.2) is 54.0 Å². The number of alkyl halides is 3. The highest BCUT2D eigenvalue weighted by molar-refractivity contribution is 5.83. The van der Waals surface area contributed by atoms with Crippen molar-refractivity contribution in [3.05, 3.63) is 47.7 Å². The number of amides is 1. The first-order valence-corrected chi connectivity index (χ1v) is 9.86. The number of nitrogens with one attached hydrogen (secondary N) is 1. The third-order valence-electron chi connectivity index (χ3n) is 5.42. The van der Waals surface area contributed by atoms with Gasteiger partial charge < -0.3 is 19.9 Å². The van der Waals surface area contributed by atoms with Crippen LogP contribution in [0.25, 0.3) is 0 Å². The minimum absolute atomic E-state index is 0.0790. The normalized spacial score (nSPS) is 18.6. The third kappa shape index (κ3) is 4.57. The summed E-state index contributed by atoms with van der Waals surface area (Å²) in [5.74, 6) is 0.578. The molecule has 1 amide bonds. The second-order valence-corrected chi connectivity index (χ2v) is 7.61. The Morgan fingerprint density at radius 1 is 1.26 bits per heavy atom. The minimum Gasteiger partial charge on any atom is -0.426 e. The first-order valence-electron chi connectivity index (χ1n) is 9.86. The number of piperazine rings is 1. The van der Waals surface area contributed by atoms with Crippen molar-refractivity contribution in [2.24, 2.45) is 0 Å². The van der Waals surface area contributed by atoms with E-state index in [0.717, 1.165) is 17.8 Å². The molecule has 1 fully saturated rings. The van der Waals surface area contributed by atoms with Gasteiger partial charge in [0, 0.05) is 49.2 Å². The van der Waals surface area contributed by atoms with E-state index >= 15 is 0 Å². The number of anilines is 2.